The fourth-order valence-corrected chi connectivity index (χ4v) is 2.78. The maximum atomic E-state index is 4.43. The minimum absolute atomic E-state index is 0.469. The molecule has 0 spiro atoms. The molecule has 0 saturated heterocycles. The van der Waals surface area contributed by atoms with Crippen molar-refractivity contribution in [1.29, 1.82) is 0 Å². The number of para-hydroxylation sites is 1. The van der Waals surface area contributed by atoms with Crippen LogP contribution in [-0.2, 0) is 6.54 Å². The van der Waals surface area contributed by atoms with Gasteiger partial charge in [0.05, 0.1) is 12.2 Å². The third kappa shape index (κ3) is 2.47. The van der Waals surface area contributed by atoms with Crippen LogP contribution in [0.1, 0.15) is 23.7 Å². The van der Waals surface area contributed by atoms with Crippen molar-refractivity contribution in [3.63, 3.8) is 0 Å². The maximum absolute atomic E-state index is 4.43. The van der Waals surface area contributed by atoms with E-state index in [9.17, 15) is 0 Å². The molecule has 0 saturated carbocycles. The van der Waals surface area contributed by atoms with E-state index >= 15 is 0 Å². The topological polar surface area (TPSA) is 28.2 Å². The molecule has 1 aliphatic heterocycles. The normalized spacial score (nSPS) is 18.2. The van der Waals surface area contributed by atoms with Crippen LogP contribution in [0.5, 0.6) is 0 Å². The third-order valence-corrected chi connectivity index (χ3v) is 3.77. The van der Waals surface area contributed by atoms with Crippen LogP contribution in [-0.4, -0.2) is 18.6 Å². The van der Waals surface area contributed by atoms with Gasteiger partial charge >= 0.3 is 0 Å². The van der Waals surface area contributed by atoms with Gasteiger partial charge < -0.3 is 10.2 Å². The van der Waals surface area contributed by atoms with E-state index in [1.807, 2.05) is 19.3 Å². The van der Waals surface area contributed by atoms with Crippen molar-refractivity contribution >= 4 is 5.69 Å². The van der Waals surface area contributed by atoms with Crippen molar-refractivity contribution in [3.8, 4) is 0 Å². The Balaban J connectivity index is 1.88. The van der Waals surface area contributed by atoms with Crippen LogP contribution in [0.25, 0.3) is 0 Å². The van der Waals surface area contributed by atoms with Gasteiger partial charge in [-0.3, -0.25) is 4.98 Å². The summed E-state index contributed by atoms with van der Waals surface area (Å²) in [5.74, 6) is 0. The Bertz CT molecular complexity index is 539. The molecular weight excluding hydrogens is 234 g/mol. The second-order valence-corrected chi connectivity index (χ2v) is 4.93. The highest BCUT2D eigenvalue weighted by Crippen LogP contribution is 2.33. The molecule has 1 aromatic heterocycles. The largest absolute Gasteiger partial charge is 0.365 e. The number of aromatic nitrogens is 1. The predicted molar refractivity (Wildman–Crippen MR) is 78.1 cm³/mol. The Morgan fingerprint density at radius 3 is 2.84 bits per heavy atom. The van der Waals surface area contributed by atoms with E-state index in [1.54, 1.807) is 0 Å². The number of hydrogen-bond acceptors (Lipinski definition) is 3. The number of benzene rings is 1. The van der Waals surface area contributed by atoms with Gasteiger partial charge in [-0.2, -0.15) is 0 Å². The SMILES string of the molecule is CNC1CCN(Cc2ccccn2)c2ccccc21. The molecule has 3 heteroatoms. The lowest BCUT2D eigenvalue weighted by atomic mass is 9.96. The molecule has 0 aliphatic carbocycles. The van der Waals surface area contributed by atoms with E-state index < -0.39 is 0 Å². The molecule has 1 atom stereocenters. The van der Waals surface area contributed by atoms with Crippen molar-refractivity contribution in [2.24, 2.45) is 0 Å². The van der Waals surface area contributed by atoms with Gasteiger partial charge in [-0.05, 0) is 37.2 Å². The molecule has 1 aromatic carbocycles. The molecule has 3 nitrogen and oxygen atoms in total. The van der Waals surface area contributed by atoms with Crippen LogP contribution in [0.3, 0.4) is 0 Å². The summed E-state index contributed by atoms with van der Waals surface area (Å²) in [5, 5.41) is 3.40. The van der Waals surface area contributed by atoms with Gasteiger partial charge in [0, 0.05) is 24.5 Å². The van der Waals surface area contributed by atoms with Crippen LogP contribution in [0.2, 0.25) is 0 Å². The number of nitrogens with one attached hydrogen (secondary N) is 1. The zero-order chi connectivity index (χ0) is 13.1. The van der Waals surface area contributed by atoms with Gasteiger partial charge in [0.15, 0.2) is 0 Å². The summed E-state index contributed by atoms with van der Waals surface area (Å²) in [6.07, 6.45) is 3.00. The number of rotatable bonds is 3. The highest BCUT2D eigenvalue weighted by atomic mass is 15.2. The first-order chi connectivity index (χ1) is 9.38. The number of anilines is 1. The van der Waals surface area contributed by atoms with Crippen molar-refractivity contribution < 1.29 is 0 Å². The van der Waals surface area contributed by atoms with Gasteiger partial charge in [-0.25, -0.2) is 0 Å². The Morgan fingerprint density at radius 1 is 1.21 bits per heavy atom. The fourth-order valence-electron chi connectivity index (χ4n) is 2.78. The summed E-state index contributed by atoms with van der Waals surface area (Å²) < 4.78 is 0. The predicted octanol–water partition coefficient (Wildman–Crippen LogP) is 2.75. The van der Waals surface area contributed by atoms with Gasteiger partial charge in [-0.15, -0.1) is 0 Å². The second kappa shape index (κ2) is 5.41. The summed E-state index contributed by atoms with van der Waals surface area (Å²) >= 11 is 0. The molecule has 2 aromatic rings. The molecule has 0 radical (unpaired) electrons. The first kappa shape index (κ1) is 12.2. The van der Waals surface area contributed by atoms with Crippen LogP contribution in [0.4, 0.5) is 5.69 Å². The smallest absolute Gasteiger partial charge is 0.0602 e. The quantitative estimate of drug-likeness (QED) is 0.911. The molecule has 1 N–H and O–H groups in total. The Morgan fingerprint density at radius 2 is 2.05 bits per heavy atom. The van der Waals surface area contributed by atoms with Gasteiger partial charge in [0.2, 0.25) is 0 Å². The summed E-state index contributed by atoms with van der Waals surface area (Å²) in [6, 6.07) is 15.2. The molecule has 98 valence electrons. The minimum atomic E-state index is 0.469. The molecule has 0 amide bonds. The van der Waals surface area contributed by atoms with Crippen molar-refractivity contribution in [2.75, 3.05) is 18.5 Å². The fraction of sp³-hybridized carbons (Fsp3) is 0.312. The number of hydrogen-bond donors (Lipinski definition) is 1. The standard InChI is InChI=1S/C16H19N3/c1-17-15-9-11-19(12-13-6-4-5-10-18-13)16-8-3-2-7-14(15)16/h2-8,10,15,17H,9,11-12H2,1H3. The number of pyridine rings is 1. The van der Waals surface area contributed by atoms with Gasteiger partial charge in [0.25, 0.3) is 0 Å². The van der Waals surface area contributed by atoms with Crippen molar-refractivity contribution in [1.82, 2.24) is 10.3 Å². The molecule has 1 aliphatic rings. The molecule has 0 bridgehead atoms. The molecule has 3 rings (SSSR count). The average Bonchev–Trinajstić information content (AvgIpc) is 2.49. The van der Waals surface area contributed by atoms with E-state index in [2.05, 4.69) is 51.6 Å². The maximum Gasteiger partial charge on any atom is 0.0602 e. The zero-order valence-corrected chi connectivity index (χ0v) is 11.2. The lowest BCUT2D eigenvalue weighted by Gasteiger charge is -2.35. The second-order valence-electron chi connectivity index (χ2n) is 4.93. The minimum Gasteiger partial charge on any atom is -0.365 e. The van der Waals surface area contributed by atoms with Crippen LogP contribution < -0.4 is 10.2 Å². The summed E-state index contributed by atoms with van der Waals surface area (Å²) in [7, 11) is 2.04. The molecule has 19 heavy (non-hydrogen) atoms. The van der Waals surface area contributed by atoms with E-state index in [0.717, 1.165) is 25.2 Å². The Kier molecular flexibility index (Phi) is 3.47. The Hall–Kier alpha value is -1.87. The molecule has 2 heterocycles. The monoisotopic (exact) mass is 253 g/mol. The highest BCUT2D eigenvalue weighted by Gasteiger charge is 2.23. The number of fused-ring (bicyclic) bond motifs is 1. The zero-order valence-electron chi connectivity index (χ0n) is 11.2. The third-order valence-electron chi connectivity index (χ3n) is 3.77. The lowest BCUT2D eigenvalue weighted by Crippen LogP contribution is -2.34. The van der Waals surface area contributed by atoms with Crippen molar-refractivity contribution in [3.05, 3.63) is 59.9 Å². The van der Waals surface area contributed by atoms with Crippen LogP contribution in [0, 0.1) is 0 Å². The number of nitrogens with zero attached hydrogens (tertiary/aromatic N) is 2. The summed E-state index contributed by atoms with van der Waals surface area (Å²) in [5.41, 5.74) is 3.85. The Labute approximate surface area is 114 Å². The first-order valence-electron chi connectivity index (χ1n) is 6.79. The molecule has 1 unspecified atom stereocenters. The molecular formula is C16H19N3. The van der Waals surface area contributed by atoms with Gasteiger partial charge in [-0.1, -0.05) is 24.3 Å². The summed E-state index contributed by atoms with van der Waals surface area (Å²) in [6.45, 7) is 1.95. The first-order valence-corrected chi connectivity index (χ1v) is 6.79. The average molecular weight is 253 g/mol. The van der Waals surface area contributed by atoms with Crippen LogP contribution in [0.15, 0.2) is 48.7 Å². The van der Waals surface area contributed by atoms with Crippen LogP contribution >= 0.6 is 0 Å². The van der Waals surface area contributed by atoms with E-state index in [-0.39, 0.29) is 0 Å². The van der Waals surface area contributed by atoms with E-state index in [4.69, 9.17) is 0 Å². The van der Waals surface area contributed by atoms with E-state index in [0.29, 0.717) is 6.04 Å². The molecule has 0 fully saturated rings. The van der Waals surface area contributed by atoms with E-state index in [1.165, 1.54) is 11.3 Å². The van der Waals surface area contributed by atoms with Crippen molar-refractivity contribution in [2.45, 2.75) is 19.0 Å². The van der Waals surface area contributed by atoms with Gasteiger partial charge in [0.1, 0.15) is 0 Å². The highest BCUT2D eigenvalue weighted by molar-refractivity contribution is 5.57. The lowest BCUT2D eigenvalue weighted by molar-refractivity contribution is 0.515. The summed E-state index contributed by atoms with van der Waals surface area (Å²) in [4.78, 5) is 6.85.